The molecule has 1 aliphatic rings. The SMILES string of the molecule is CC1CCc2sc(C(=O)Nc3ccc(C(=O)N(C)C)cc3)cc2C1. The van der Waals surface area contributed by atoms with Crippen LogP contribution in [0.25, 0.3) is 0 Å². The fourth-order valence-electron chi connectivity index (χ4n) is 2.96. The molecule has 1 heterocycles. The van der Waals surface area contributed by atoms with Gasteiger partial charge in [0, 0.05) is 30.2 Å². The number of nitrogens with zero attached hydrogens (tertiary/aromatic N) is 1. The summed E-state index contributed by atoms with van der Waals surface area (Å²) in [6, 6.07) is 9.04. The molecule has 1 aromatic heterocycles. The zero-order chi connectivity index (χ0) is 17.3. The second-order valence-electron chi connectivity index (χ2n) is 6.64. The summed E-state index contributed by atoms with van der Waals surface area (Å²) in [6.45, 7) is 2.26. The average Bonchev–Trinajstić information content (AvgIpc) is 2.98. The van der Waals surface area contributed by atoms with Gasteiger partial charge in [0.1, 0.15) is 0 Å². The van der Waals surface area contributed by atoms with E-state index in [0.717, 1.165) is 17.7 Å². The fraction of sp³-hybridized carbons (Fsp3) is 0.368. The molecule has 126 valence electrons. The number of carbonyl (C=O) groups excluding carboxylic acids is 2. The lowest BCUT2D eigenvalue weighted by Crippen LogP contribution is -2.21. The van der Waals surface area contributed by atoms with Gasteiger partial charge in [-0.3, -0.25) is 9.59 Å². The summed E-state index contributed by atoms with van der Waals surface area (Å²) in [5, 5.41) is 2.92. The fourth-order valence-corrected chi connectivity index (χ4v) is 4.07. The number of amides is 2. The first-order chi connectivity index (χ1) is 11.4. The van der Waals surface area contributed by atoms with Gasteiger partial charge >= 0.3 is 0 Å². The number of benzene rings is 1. The zero-order valence-corrected chi connectivity index (χ0v) is 15.1. The molecule has 1 unspecified atom stereocenters. The van der Waals surface area contributed by atoms with Gasteiger partial charge in [-0.1, -0.05) is 6.92 Å². The van der Waals surface area contributed by atoms with Crippen LogP contribution in [0.5, 0.6) is 0 Å². The topological polar surface area (TPSA) is 49.4 Å². The highest BCUT2D eigenvalue weighted by Gasteiger charge is 2.20. The summed E-state index contributed by atoms with van der Waals surface area (Å²) in [5.74, 6) is 0.575. The van der Waals surface area contributed by atoms with Crippen molar-refractivity contribution in [1.82, 2.24) is 4.90 Å². The van der Waals surface area contributed by atoms with Crippen LogP contribution in [0.1, 0.15) is 43.8 Å². The molecule has 24 heavy (non-hydrogen) atoms. The summed E-state index contributed by atoms with van der Waals surface area (Å²) < 4.78 is 0. The Kier molecular flexibility index (Phi) is 4.71. The van der Waals surface area contributed by atoms with E-state index in [-0.39, 0.29) is 11.8 Å². The molecule has 0 saturated carbocycles. The molecule has 1 aliphatic carbocycles. The van der Waals surface area contributed by atoms with Gasteiger partial charge in [0.2, 0.25) is 0 Å². The molecular formula is C19H22N2O2S. The van der Waals surface area contributed by atoms with E-state index < -0.39 is 0 Å². The second-order valence-corrected chi connectivity index (χ2v) is 7.77. The molecule has 1 aromatic carbocycles. The standard InChI is InChI=1S/C19H22N2O2S/c1-12-4-9-16-14(10-12)11-17(24-16)18(22)20-15-7-5-13(6-8-15)19(23)21(2)3/h5-8,11-12H,4,9-10H2,1-3H3,(H,20,22). The van der Waals surface area contributed by atoms with E-state index in [9.17, 15) is 9.59 Å². The van der Waals surface area contributed by atoms with Gasteiger partial charge < -0.3 is 10.2 Å². The van der Waals surface area contributed by atoms with Crippen LogP contribution in [0.2, 0.25) is 0 Å². The Balaban J connectivity index is 1.70. The number of nitrogens with one attached hydrogen (secondary N) is 1. The molecular weight excluding hydrogens is 320 g/mol. The lowest BCUT2D eigenvalue weighted by molar-refractivity contribution is 0.0827. The highest BCUT2D eigenvalue weighted by Crippen LogP contribution is 2.32. The van der Waals surface area contributed by atoms with Gasteiger partial charge in [0.05, 0.1) is 4.88 Å². The van der Waals surface area contributed by atoms with E-state index in [1.165, 1.54) is 21.8 Å². The maximum atomic E-state index is 12.5. The van der Waals surface area contributed by atoms with Crippen LogP contribution in [0.3, 0.4) is 0 Å². The third-order valence-corrected chi connectivity index (χ3v) is 5.58. The van der Waals surface area contributed by atoms with E-state index >= 15 is 0 Å². The predicted octanol–water partition coefficient (Wildman–Crippen LogP) is 3.83. The van der Waals surface area contributed by atoms with Crippen LogP contribution in [0.15, 0.2) is 30.3 Å². The van der Waals surface area contributed by atoms with Gasteiger partial charge in [0.25, 0.3) is 11.8 Å². The van der Waals surface area contributed by atoms with Crippen molar-refractivity contribution in [2.24, 2.45) is 5.92 Å². The Bertz CT molecular complexity index is 762. The van der Waals surface area contributed by atoms with Crippen LogP contribution in [-0.2, 0) is 12.8 Å². The Morgan fingerprint density at radius 1 is 1.21 bits per heavy atom. The number of fused-ring (bicyclic) bond motifs is 1. The maximum absolute atomic E-state index is 12.5. The molecule has 2 amide bonds. The minimum Gasteiger partial charge on any atom is -0.345 e. The highest BCUT2D eigenvalue weighted by molar-refractivity contribution is 7.14. The van der Waals surface area contributed by atoms with Crippen LogP contribution < -0.4 is 5.32 Å². The van der Waals surface area contributed by atoms with Crippen molar-refractivity contribution in [3.05, 3.63) is 51.2 Å². The van der Waals surface area contributed by atoms with Crippen LogP contribution in [-0.4, -0.2) is 30.8 Å². The molecule has 1 N–H and O–H groups in total. The predicted molar refractivity (Wildman–Crippen MR) is 97.9 cm³/mol. The Hall–Kier alpha value is -2.14. The molecule has 5 heteroatoms. The first kappa shape index (κ1) is 16.7. The number of carbonyl (C=O) groups is 2. The third-order valence-electron chi connectivity index (χ3n) is 4.35. The zero-order valence-electron chi connectivity index (χ0n) is 14.3. The maximum Gasteiger partial charge on any atom is 0.265 e. The van der Waals surface area contributed by atoms with E-state index in [2.05, 4.69) is 12.2 Å². The number of rotatable bonds is 3. The Morgan fingerprint density at radius 3 is 2.58 bits per heavy atom. The molecule has 0 spiro atoms. The first-order valence-corrected chi connectivity index (χ1v) is 9.00. The lowest BCUT2D eigenvalue weighted by atomic mass is 9.90. The Morgan fingerprint density at radius 2 is 1.92 bits per heavy atom. The summed E-state index contributed by atoms with van der Waals surface area (Å²) in [4.78, 5) is 28.0. The molecule has 0 radical (unpaired) electrons. The smallest absolute Gasteiger partial charge is 0.265 e. The van der Waals surface area contributed by atoms with Crippen molar-refractivity contribution >= 4 is 28.8 Å². The van der Waals surface area contributed by atoms with Crippen LogP contribution in [0, 0.1) is 5.92 Å². The van der Waals surface area contributed by atoms with Crippen molar-refractivity contribution in [2.75, 3.05) is 19.4 Å². The monoisotopic (exact) mass is 342 g/mol. The Labute approximate surface area is 146 Å². The van der Waals surface area contributed by atoms with Crippen molar-refractivity contribution in [2.45, 2.75) is 26.2 Å². The summed E-state index contributed by atoms with van der Waals surface area (Å²) in [7, 11) is 3.44. The van der Waals surface area contributed by atoms with Crippen LogP contribution >= 0.6 is 11.3 Å². The van der Waals surface area contributed by atoms with Crippen molar-refractivity contribution in [1.29, 1.82) is 0 Å². The van der Waals surface area contributed by atoms with E-state index in [0.29, 0.717) is 17.2 Å². The van der Waals surface area contributed by atoms with Gasteiger partial charge in [0.15, 0.2) is 0 Å². The normalized spacial score (nSPS) is 16.4. The molecule has 3 rings (SSSR count). The number of hydrogen-bond donors (Lipinski definition) is 1. The van der Waals surface area contributed by atoms with Crippen LogP contribution in [0.4, 0.5) is 5.69 Å². The molecule has 0 fully saturated rings. The average molecular weight is 342 g/mol. The van der Waals surface area contributed by atoms with Crippen molar-refractivity contribution in [3.63, 3.8) is 0 Å². The number of aryl methyl sites for hydroxylation is 1. The van der Waals surface area contributed by atoms with Gasteiger partial charge in [-0.05, 0) is 61.1 Å². The molecule has 4 nitrogen and oxygen atoms in total. The second kappa shape index (κ2) is 6.77. The van der Waals surface area contributed by atoms with Crippen molar-refractivity contribution < 1.29 is 9.59 Å². The molecule has 1 atom stereocenters. The lowest BCUT2D eigenvalue weighted by Gasteiger charge is -2.16. The quantitative estimate of drug-likeness (QED) is 0.922. The van der Waals surface area contributed by atoms with Gasteiger partial charge in [-0.25, -0.2) is 0 Å². The minimum atomic E-state index is -0.0752. The van der Waals surface area contributed by atoms with Gasteiger partial charge in [-0.2, -0.15) is 0 Å². The molecule has 2 aromatic rings. The molecule has 0 aliphatic heterocycles. The summed E-state index contributed by atoms with van der Waals surface area (Å²) in [6.07, 6.45) is 3.35. The number of anilines is 1. The van der Waals surface area contributed by atoms with E-state index in [1.807, 2.05) is 6.07 Å². The number of hydrogen-bond acceptors (Lipinski definition) is 3. The van der Waals surface area contributed by atoms with E-state index in [1.54, 1.807) is 49.7 Å². The van der Waals surface area contributed by atoms with E-state index in [4.69, 9.17) is 0 Å². The molecule has 0 bridgehead atoms. The minimum absolute atomic E-state index is 0.0482. The summed E-state index contributed by atoms with van der Waals surface area (Å²) in [5.41, 5.74) is 2.64. The largest absolute Gasteiger partial charge is 0.345 e. The molecule has 0 saturated heterocycles. The highest BCUT2D eigenvalue weighted by atomic mass is 32.1. The van der Waals surface area contributed by atoms with Crippen molar-refractivity contribution in [3.8, 4) is 0 Å². The van der Waals surface area contributed by atoms with Gasteiger partial charge in [-0.15, -0.1) is 11.3 Å². The third kappa shape index (κ3) is 3.51. The first-order valence-electron chi connectivity index (χ1n) is 8.18. The number of thiophene rings is 1. The summed E-state index contributed by atoms with van der Waals surface area (Å²) >= 11 is 1.60.